The Balaban J connectivity index is 2.00. The summed E-state index contributed by atoms with van der Waals surface area (Å²) in [6, 6.07) is 0.198. The van der Waals surface area contributed by atoms with Crippen molar-refractivity contribution in [2.45, 2.75) is 81.1 Å². The largest absolute Gasteiger partial charge is 0.480 e. The lowest BCUT2D eigenvalue weighted by Crippen LogP contribution is -2.57. The van der Waals surface area contributed by atoms with Crippen LogP contribution in [-0.4, -0.2) is 45.9 Å². The number of aliphatic carboxylic acids is 1. The third-order valence-corrected chi connectivity index (χ3v) is 6.11. The molecule has 2 rings (SSSR count). The molecule has 0 spiro atoms. The quantitative estimate of drug-likeness (QED) is 0.817. The molecule has 0 aromatic rings. The van der Waals surface area contributed by atoms with Gasteiger partial charge in [0.05, 0.1) is 6.10 Å². The van der Waals surface area contributed by atoms with E-state index >= 15 is 0 Å². The number of nitrogens with one attached hydrogen (secondary N) is 1. The van der Waals surface area contributed by atoms with Crippen LogP contribution in [-0.2, 0) is 9.53 Å². The summed E-state index contributed by atoms with van der Waals surface area (Å²) >= 11 is 1.95. The van der Waals surface area contributed by atoms with Gasteiger partial charge in [0.25, 0.3) is 0 Å². The van der Waals surface area contributed by atoms with Gasteiger partial charge in [0.1, 0.15) is 5.54 Å². The summed E-state index contributed by atoms with van der Waals surface area (Å²) in [7, 11) is 0. The van der Waals surface area contributed by atoms with Crippen LogP contribution in [0.15, 0.2) is 0 Å². The Morgan fingerprint density at radius 3 is 2.75 bits per heavy atom. The number of ether oxygens (including phenoxy) is 1. The van der Waals surface area contributed by atoms with Crippen molar-refractivity contribution in [3.8, 4) is 0 Å². The van der Waals surface area contributed by atoms with Crippen LogP contribution in [0.3, 0.4) is 0 Å². The molecule has 0 aromatic heterocycles. The first-order valence-corrected chi connectivity index (χ1v) is 8.65. The highest BCUT2D eigenvalue weighted by atomic mass is 32.2. The minimum Gasteiger partial charge on any atom is -0.480 e. The molecule has 2 fully saturated rings. The summed E-state index contributed by atoms with van der Waals surface area (Å²) in [5.41, 5.74) is -0.729. The Hall–Kier alpha value is -0.260. The Kier molecular flexibility index (Phi) is 5.37. The monoisotopic (exact) mass is 301 g/mol. The van der Waals surface area contributed by atoms with Gasteiger partial charge >= 0.3 is 5.97 Å². The fourth-order valence-electron chi connectivity index (χ4n) is 3.42. The Morgan fingerprint density at radius 2 is 2.20 bits per heavy atom. The molecule has 2 N–H and O–H groups in total. The maximum absolute atomic E-state index is 11.8. The lowest BCUT2D eigenvalue weighted by Gasteiger charge is -2.40. The van der Waals surface area contributed by atoms with Gasteiger partial charge in [0.15, 0.2) is 0 Å². The van der Waals surface area contributed by atoms with Crippen molar-refractivity contribution in [2.75, 3.05) is 6.61 Å². The summed E-state index contributed by atoms with van der Waals surface area (Å²) in [5.74, 6) is -0.688. The minimum absolute atomic E-state index is 0.198. The number of hydrogen-bond acceptors (Lipinski definition) is 4. The SMILES string of the molecule is CC(C)NC1(C(=O)O)CCCC(SC2CCOC2C)C1. The fraction of sp³-hybridized carbons (Fsp3) is 0.933. The fourth-order valence-corrected chi connectivity index (χ4v) is 5.13. The molecule has 20 heavy (non-hydrogen) atoms. The van der Waals surface area contributed by atoms with E-state index in [9.17, 15) is 9.90 Å². The first-order chi connectivity index (χ1) is 9.43. The van der Waals surface area contributed by atoms with Crippen molar-refractivity contribution in [1.29, 1.82) is 0 Å². The Bertz CT molecular complexity index is 350. The van der Waals surface area contributed by atoms with Gasteiger partial charge in [-0.3, -0.25) is 10.1 Å². The predicted molar refractivity (Wildman–Crippen MR) is 82.3 cm³/mol. The van der Waals surface area contributed by atoms with Gasteiger partial charge in [-0.15, -0.1) is 0 Å². The first-order valence-electron chi connectivity index (χ1n) is 7.71. The maximum atomic E-state index is 11.8. The summed E-state index contributed by atoms with van der Waals surface area (Å²) in [6.07, 6.45) is 5.00. The van der Waals surface area contributed by atoms with E-state index in [0.717, 1.165) is 38.7 Å². The van der Waals surface area contributed by atoms with E-state index < -0.39 is 11.5 Å². The van der Waals surface area contributed by atoms with E-state index in [1.54, 1.807) is 0 Å². The van der Waals surface area contributed by atoms with Crippen LogP contribution in [0.1, 0.15) is 52.9 Å². The van der Waals surface area contributed by atoms with E-state index in [0.29, 0.717) is 16.6 Å². The van der Waals surface area contributed by atoms with Crippen LogP contribution >= 0.6 is 11.8 Å². The van der Waals surface area contributed by atoms with Crippen LogP contribution in [0.5, 0.6) is 0 Å². The molecule has 4 atom stereocenters. The second-order valence-corrected chi connectivity index (χ2v) is 7.99. The molecule has 1 saturated carbocycles. The van der Waals surface area contributed by atoms with Crippen molar-refractivity contribution in [3.63, 3.8) is 0 Å². The maximum Gasteiger partial charge on any atom is 0.323 e. The minimum atomic E-state index is -0.729. The molecule has 4 unspecified atom stereocenters. The van der Waals surface area contributed by atoms with Crippen LogP contribution in [0.4, 0.5) is 0 Å². The zero-order valence-corrected chi connectivity index (χ0v) is 13.5. The number of carboxylic acids is 1. The molecule has 4 nitrogen and oxygen atoms in total. The third kappa shape index (κ3) is 3.68. The van der Waals surface area contributed by atoms with Crippen LogP contribution in [0, 0.1) is 0 Å². The standard InChI is InChI=1S/C15H27NO3S/c1-10(2)16-15(14(17)18)7-4-5-12(9-15)20-13-6-8-19-11(13)3/h10-13,16H,4-9H2,1-3H3,(H,17,18). The smallest absolute Gasteiger partial charge is 0.323 e. The average Bonchev–Trinajstić information content (AvgIpc) is 2.74. The third-order valence-electron chi connectivity index (χ3n) is 4.35. The van der Waals surface area contributed by atoms with E-state index in [-0.39, 0.29) is 6.04 Å². The summed E-state index contributed by atoms with van der Waals surface area (Å²) in [6.45, 7) is 7.02. The molecule has 1 heterocycles. The highest BCUT2D eigenvalue weighted by Crippen LogP contribution is 2.40. The zero-order chi connectivity index (χ0) is 14.8. The van der Waals surface area contributed by atoms with Gasteiger partial charge in [-0.1, -0.05) is 0 Å². The molecule has 2 aliphatic rings. The Labute approximate surface area is 126 Å². The molecule has 0 bridgehead atoms. The van der Waals surface area contributed by atoms with Gasteiger partial charge < -0.3 is 9.84 Å². The van der Waals surface area contributed by atoms with E-state index in [1.807, 2.05) is 25.6 Å². The molecular weight excluding hydrogens is 274 g/mol. The van der Waals surface area contributed by atoms with Gasteiger partial charge in [-0.2, -0.15) is 11.8 Å². The number of hydrogen-bond donors (Lipinski definition) is 2. The molecule has 0 amide bonds. The lowest BCUT2D eigenvalue weighted by molar-refractivity contribution is -0.146. The van der Waals surface area contributed by atoms with Gasteiger partial charge in [-0.05, 0) is 52.9 Å². The highest BCUT2D eigenvalue weighted by Gasteiger charge is 2.44. The normalized spacial score (nSPS) is 38.3. The van der Waals surface area contributed by atoms with E-state index in [4.69, 9.17) is 4.74 Å². The van der Waals surface area contributed by atoms with Gasteiger partial charge in [-0.25, -0.2) is 0 Å². The molecule has 1 saturated heterocycles. The number of thioether (sulfide) groups is 1. The predicted octanol–water partition coefficient (Wildman–Crippen LogP) is 2.66. The molecule has 1 aliphatic heterocycles. The first kappa shape index (κ1) is 16.1. The van der Waals surface area contributed by atoms with E-state index in [2.05, 4.69) is 12.2 Å². The Morgan fingerprint density at radius 1 is 1.45 bits per heavy atom. The zero-order valence-electron chi connectivity index (χ0n) is 12.7. The topological polar surface area (TPSA) is 58.6 Å². The van der Waals surface area contributed by atoms with Crippen LogP contribution in [0.25, 0.3) is 0 Å². The summed E-state index contributed by atoms with van der Waals surface area (Å²) in [4.78, 5) is 11.8. The number of carbonyl (C=O) groups is 1. The van der Waals surface area contributed by atoms with Crippen molar-refractivity contribution in [1.82, 2.24) is 5.32 Å². The average molecular weight is 301 g/mol. The molecule has 1 aliphatic carbocycles. The summed E-state index contributed by atoms with van der Waals surface area (Å²) in [5, 5.41) is 14.0. The summed E-state index contributed by atoms with van der Waals surface area (Å²) < 4.78 is 5.62. The van der Waals surface area contributed by atoms with Gasteiger partial charge in [0, 0.05) is 23.1 Å². The molecule has 0 aromatic carbocycles. The second-order valence-electron chi connectivity index (χ2n) is 6.44. The van der Waals surface area contributed by atoms with Crippen molar-refractivity contribution in [3.05, 3.63) is 0 Å². The van der Waals surface area contributed by atoms with Crippen molar-refractivity contribution in [2.24, 2.45) is 0 Å². The molecule has 5 heteroatoms. The van der Waals surface area contributed by atoms with Crippen molar-refractivity contribution >= 4 is 17.7 Å². The van der Waals surface area contributed by atoms with Crippen LogP contribution < -0.4 is 5.32 Å². The lowest BCUT2D eigenvalue weighted by atomic mass is 9.81. The molecular formula is C15H27NO3S. The number of rotatable bonds is 5. The van der Waals surface area contributed by atoms with Crippen LogP contribution in [0.2, 0.25) is 0 Å². The van der Waals surface area contributed by atoms with Gasteiger partial charge in [0.2, 0.25) is 0 Å². The molecule has 0 radical (unpaired) electrons. The number of carboxylic acid groups (broad SMARTS) is 1. The van der Waals surface area contributed by atoms with Crippen molar-refractivity contribution < 1.29 is 14.6 Å². The second kappa shape index (κ2) is 6.67. The highest BCUT2D eigenvalue weighted by molar-refractivity contribution is 8.00. The molecule has 116 valence electrons. The van der Waals surface area contributed by atoms with E-state index in [1.165, 1.54) is 0 Å².